The van der Waals surface area contributed by atoms with Crippen LogP contribution in [0.15, 0.2) is 34.8 Å². The summed E-state index contributed by atoms with van der Waals surface area (Å²) in [5.74, 6) is 1.13. The van der Waals surface area contributed by atoms with Crippen molar-refractivity contribution in [3.05, 3.63) is 34.8 Å². The zero-order chi connectivity index (χ0) is 11.0. The number of nitrogens with zero attached hydrogens (tertiary/aromatic N) is 2. The zero-order valence-electron chi connectivity index (χ0n) is 8.78. The van der Waals surface area contributed by atoms with Gasteiger partial charge < -0.3 is 5.32 Å². The Kier molecular flexibility index (Phi) is 2.44. The highest BCUT2D eigenvalue weighted by molar-refractivity contribution is 9.10. The molecule has 0 fully saturated rings. The van der Waals surface area contributed by atoms with Crippen molar-refractivity contribution < 1.29 is 0 Å². The Labute approximate surface area is 103 Å². The van der Waals surface area contributed by atoms with E-state index in [4.69, 9.17) is 0 Å². The van der Waals surface area contributed by atoms with Gasteiger partial charge in [-0.15, -0.1) is 0 Å². The molecule has 3 rings (SSSR count). The van der Waals surface area contributed by atoms with Crippen molar-refractivity contribution in [2.45, 2.75) is 13.0 Å². The molecule has 0 spiro atoms. The number of aryl methyl sites for hydroxylation is 1. The molecule has 0 saturated carbocycles. The van der Waals surface area contributed by atoms with Crippen molar-refractivity contribution in [3.8, 4) is 11.3 Å². The summed E-state index contributed by atoms with van der Waals surface area (Å²) in [5, 5.41) is 7.95. The van der Waals surface area contributed by atoms with E-state index < -0.39 is 0 Å². The van der Waals surface area contributed by atoms with Gasteiger partial charge in [0.1, 0.15) is 5.82 Å². The number of aromatic nitrogens is 2. The summed E-state index contributed by atoms with van der Waals surface area (Å²) in [6.45, 7) is 2.06. The fourth-order valence-corrected chi connectivity index (χ4v) is 2.36. The minimum absolute atomic E-state index is 1.01. The molecule has 0 unspecified atom stereocenters. The molecule has 16 heavy (non-hydrogen) atoms. The third kappa shape index (κ3) is 1.73. The fourth-order valence-electron chi connectivity index (χ4n) is 1.96. The summed E-state index contributed by atoms with van der Waals surface area (Å²) in [7, 11) is 0. The highest BCUT2D eigenvalue weighted by atomic mass is 79.9. The van der Waals surface area contributed by atoms with E-state index in [1.165, 1.54) is 0 Å². The van der Waals surface area contributed by atoms with Gasteiger partial charge in [0, 0.05) is 29.2 Å². The van der Waals surface area contributed by atoms with E-state index in [1.54, 1.807) is 0 Å². The van der Waals surface area contributed by atoms with Gasteiger partial charge in [-0.05, 0) is 18.6 Å². The lowest BCUT2D eigenvalue weighted by molar-refractivity contribution is 0.569. The van der Waals surface area contributed by atoms with Crippen molar-refractivity contribution in [3.63, 3.8) is 0 Å². The number of hydrogen-bond acceptors (Lipinski definition) is 2. The minimum atomic E-state index is 1.01. The maximum Gasteiger partial charge on any atom is 0.124 e. The molecule has 4 heteroatoms. The predicted molar refractivity (Wildman–Crippen MR) is 68.5 cm³/mol. The molecule has 2 heterocycles. The first-order valence-corrected chi connectivity index (χ1v) is 6.20. The molecule has 1 N–H and O–H groups in total. The first-order valence-electron chi connectivity index (χ1n) is 5.40. The quantitative estimate of drug-likeness (QED) is 0.868. The van der Waals surface area contributed by atoms with E-state index in [9.17, 15) is 0 Å². The molecule has 1 aliphatic rings. The lowest BCUT2D eigenvalue weighted by Gasteiger charge is -2.14. The smallest absolute Gasteiger partial charge is 0.124 e. The Hall–Kier alpha value is -1.29. The van der Waals surface area contributed by atoms with Crippen LogP contribution in [0.5, 0.6) is 0 Å². The molecule has 0 aliphatic carbocycles. The molecule has 1 aromatic carbocycles. The van der Waals surface area contributed by atoms with Gasteiger partial charge in [-0.3, -0.25) is 0 Å². The summed E-state index contributed by atoms with van der Waals surface area (Å²) in [5.41, 5.74) is 2.18. The van der Waals surface area contributed by atoms with Crippen LogP contribution >= 0.6 is 15.9 Å². The molecule has 3 nitrogen and oxygen atoms in total. The van der Waals surface area contributed by atoms with Gasteiger partial charge in [0.15, 0.2) is 0 Å². The lowest BCUT2D eigenvalue weighted by Crippen LogP contribution is -2.17. The average Bonchev–Trinajstić information content (AvgIpc) is 2.72. The molecule has 0 saturated heterocycles. The van der Waals surface area contributed by atoms with Gasteiger partial charge in [0.2, 0.25) is 0 Å². The number of halogens is 1. The number of benzene rings is 1. The van der Waals surface area contributed by atoms with Crippen molar-refractivity contribution >= 4 is 21.7 Å². The van der Waals surface area contributed by atoms with Crippen LogP contribution in [0.25, 0.3) is 11.3 Å². The van der Waals surface area contributed by atoms with E-state index in [-0.39, 0.29) is 0 Å². The van der Waals surface area contributed by atoms with E-state index in [0.29, 0.717) is 0 Å². The second-order valence-electron chi connectivity index (χ2n) is 3.93. The van der Waals surface area contributed by atoms with Crippen molar-refractivity contribution in [2.75, 3.05) is 11.9 Å². The van der Waals surface area contributed by atoms with Gasteiger partial charge in [0.05, 0.1) is 5.69 Å². The summed E-state index contributed by atoms with van der Waals surface area (Å²) in [4.78, 5) is 0. The fraction of sp³-hybridized carbons (Fsp3) is 0.250. The molecule has 1 aliphatic heterocycles. The predicted octanol–water partition coefficient (Wildman–Crippen LogP) is 3.13. The molecule has 1 aromatic heterocycles. The number of rotatable bonds is 1. The summed E-state index contributed by atoms with van der Waals surface area (Å²) in [6, 6.07) is 10.3. The Morgan fingerprint density at radius 2 is 2.25 bits per heavy atom. The molecular formula is C12H12BrN3. The van der Waals surface area contributed by atoms with Crippen molar-refractivity contribution in [1.82, 2.24) is 9.78 Å². The number of hydrogen-bond donors (Lipinski definition) is 1. The van der Waals surface area contributed by atoms with Gasteiger partial charge in [-0.25, -0.2) is 4.68 Å². The lowest BCUT2D eigenvalue weighted by atomic mass is 10.1. The Balaban J connectivity index is 2.03. The number of fused-ring (bicyclic) bond motifs is 1. The molecule has 0 atom stereocenters. The van der Waals surface area contributed by atoms with Gasteiger partial charge in [0.25, 0.3) is 0 Å². The third-order valence-electron chi connectivity index (χ3n) is 2.75. The number of nitrogens with one attached hydrogen (secondary N) is 1. The van der Waals surface area contributed by atoms with Crippen LogP contribution in [0, 0.1) is 0 Å². The minimum Gasteiger partial charge on any atom is -0.370 e. The maximum atomic E-state index is 4.60. The normalized spacial score (nSPS) is 14.3. The molecule has 0 radical (unpaired) electrons. The molecule has 0 bridgehead atoms. The highest BCUT2D eigenvalue weighted by Crippen LogP contribution is 2.25. The molecular weight excluding hydrogens is 266 g/mol. The van der Waals surface area contributed by atoms with Crippen LogP contribution in [-0.4, -0.2) is 16.3 Å². The number of anilines is 1. The summed E-state index contributed by atoms with van der Waals surface area (Å²) >= 11 is 3.48. The Morgan fingerprint density at radius 3 is 3.06 bits per heavy atom. The highest BCUT2D eigenvalue weighted by Gasteiger charge is 2.12. The first kappa shape index (κ1) is 9.90. The standard InChI is InChI=1S/C12H12BrN3/c13-10-4-1-3-9(7-10)11-8-12-14-5-2-6-16(12)15-11/h1,3-4,7-8,14H,2,5-6H2. The summed E-state index contributed by atoms with van der Waals surface area (Å²) in [6.07, 6.45) is 1.15. The van der Waals surface area contributed by atoms with Crippen LogP contribution in [0.4, 0.5) is 5.82 Å². The summed E-state index contributed by atoms with van der Waals surface area (Å²) < 4.78 is 3.13. The van der Waals surface area contributed by atoms with E-state index in [1.807, 2.05) is 16.8 Å². The van der Waals surface area contributed by atoms with Crippen LogP contribution in [-0.2, 0) is 6.54 Å². The second kappa shape index (κ2) is 3.94. The van der Waals surface area contributed by atoms with E-state index in [2.05, 4.69) is 44.5 Å². The Bertz CT molecular complexity index is 495. The maximum absolute atomic E-state index is 4.60. The van der Waals surface area contributed by atoms with E-state index in [0.717, 1.165) is 41.1 Å². The van der Waals surface area contributed by atoms with Crippen LogP contribution < -0.4 is 5.32 Å². The van der Waals surface area contributed by atoms with Gasteiger partial charge in [-0.2, -0.15) is 5.10 Å². The van der Waals surface area contributed by atoms with Crippen molar-refractivity contribution in [2.24, 2.45) is 0 Å². The van der Waals surface area contributed by atoms with Crippen LogP contribution in [0.1, 0.15) is 6.42 Å². The SMILES string of the molecule is Brc1cccc(-c2cc3n(n2)CCCN3)c1. The molecule has 2 aromatic rings. The van der Waals surface area contributed by atoms with Gasteiger partial charge >= 0.3 is 0 Å². The van der Waals surface area contributed by atoms with Crippen LogP contribution in [0.3, 0.4) is 0 Å². The van der Waals surface area contributed by atoms with Gasteiger partial charge in [-0.1, -0.05) is 28.1 Å². The van der Waals surface area contributed by atoms with Crippen LogP contribution in [0.2, 0.25) is 0 Å². The average molecular weight is 278 g/mol. The molecule has 0 amide bonds. The topological polar surface area (TPSA) is 29.9 Å². The largest absolute Gasteiger partial charge is 0.370 e. The molecule has 82 valence electrons. The zero-order valence-corrected chi connectivity index (χ0v) is 10.4. The third-order valence-corrected chi connectivity index (χ3v) is 3.25. The van der Waals surface area contributed by atoms with E-state index >= 15 is 0 Å². The first-order chi connectivity index (χ1) is 7.83. The Morgan fingerprint density at radius 1 is 1.31 bits per heavy atom. The van der Waals surface area contributed by atoms with Crippen molar-refractivity contribution in [1.29, 1.82) is 0 Å². The monoisotopic (exact) mass is 277 g/mol. The second-order valence-corrected chi connectivity index (χ2v) is 4.84.